The van der Waals surface area contributed by atoms with E-state index in [1.165, 1.54) is 24.3 Å². The van der Waals surface area contributed by atoms with Crippen molar-refractivity contribution in [2.45, 2.75) is 29.6 Å². The van der Waals surface area contributed by atoms with Gasteiger partial charge < -0.3 is 5.73 Å². The molecular weight excluding hydrogens is 613 g/mol. The lowest BCUT2D eigenvalue weighted by Crippen LogP contribution is -2.41. The Hall–Kier alpha value is -4.51. The Morgan fingerprint density at radius 3 is 1.68 bits per heavy atom. The van der Waals surface area contributed by atoms with Crippen LogP contribution < -0.4 is 20.5 Å². The number of rotatable bonds is 6. The van der Waals surface area contributed by atoms with Gasteiger partial charge in [0.1, 0.15) is 15.4 Å². The maximum absolute atomic E-state index is 14.6. The molecule has 222 valence electrons. The zero-order valence-corrected chi connectivity index (χ0v) is 26.3. The SMILES string of the molecule is Cc1ccc(/C=c2\sc3n(c2=O)C(N)=C(S(=O)(=O)c2ccccc2)[C@H](c2ccc(C)cc2)C=3S(=O)(=O)c2ccccc2)cc1. The monoisotopic (exact) mass is 640 g/mol. The molecule has 0 aliphatic carbocycles. The molecule has 1 aromatic heterocycles. The van der Waals surface area contributed by atoms with Crippen molar-refractivity contribution in [2.24, 2.45) is 5.73 Å². The predicted octanol–water partition coefficient (Wildman–Crippen LogP) is 4.29. The van der Waals surface area contributed by atoms with Crippen molar-refractivity contribution in [3.63, 3.8) is 0 Å². The maximum Gasteiger partial charge on any atom is 0.274 e. The number of aryl methyl sites for hydroxylation is 2. The quantitative estimate of drug-likeness (QED) is 0.296. The van der Waals surface area contributed by atoms with Crippen molar-refractivity contribution < 1.29 is 16.8 Å². The molecule has 6 rings (SSSR count). The highest BCUT2D eigenvalue weighted by Crippen LogP contribution is 2.45. The van der Waals surface area contributed by atoms with E-state index in [0.717, 1.165) is 32.6 Å². The van der Waals surface area contributed by atoms with Crippen molar-refractivity contribution in [2.75, 3.05) is 0 Å². The van der Waals surface area contributed by atoms with Crippen LogP contribution in [0.1, 0.15) is 28.2 Å². The largest absolute Gasteiger partial charge is 0.384 e. The Bertz CT molecular complexity index is 2320. The number of nitrogens with zero attached hydrogens (tertiary/aromatic N) is 1. The Kier molecular flexibility index (Phi) is 7.53. The number of thiazole rings is 1. The minimum atomic E-state index is -4.40. The van der Waals surface area contributed by atoms with E-state index in [9.17, 15) is 21.6 Å². The third-order valence-electron chi connectivity index (χ3n) is 7.52. The third-order valence-corrected chi connectivity index (χ3v) is 12.6. The fraction of sp³-hybridized carbons (Fsp3) is 0.0882. The molecule has 0 fully saturated rings. The van der Waals surface area contributed by atoms with Crippen LogP contribution >= 0.6 is 11.3 Å². The van der Waals surface area contributed by atoms with Gasteiger partial charge in [0.05, 0.1) is 25.1 Å². The van der Waals surface area contributed by atoms with Gasteiger partial charge in [0.25, 0.3) is 5.56 Å². The molecule has 5 aromatic rings. The van der Waals surface area contributed by atoms with Gasteiger partial charge in [0.15, 0.2) is 0 Å². The van der Waals surface area contributed by atoms with Crippen LogP contribution in [0.25, 0.3) is 16.8 Å². The number of sulfone groups is 2. The van der Waals surface area contributed by atoms with Crippen LogP contribution in [0, 0.1) is 13.8 Å². The smallest absolute Gasteiger partial charge is 0.274 e. The molecule has 1 atom stereocenters. The van der Waals surface area contributed by atoms with Crippen molar-refractivity contribution in [1.82, 2.24) is 4.57 Å². The van der Waals surface area contributed by atoms with Crippen LogP contribution in [0.2, 0.25) is 0 Å². The minimum absolute atomic E-state index is 0.0273. The average Bonchev–Trinajstić information content (AvgIpc) is 3.34. The Labute approximate surface area is 259 Å². The van der Waals surface area contributed by atoms with Gasteiger partial charge in [-0.2, -0.15) is 0 Å². The molecule has 0 amide bonds. The number of hydrogen-bond donors (Lipinski definition) is 1. The second kappa shape index (κ2) is 11.2. The fourth-order valence-corrected chi connectivity index (χ4v) is 10.2. The number of fused-ring (bicyclic) bond motifs is 1. The molecule has 0 unspecified atom stereocenters. The molecule has 2 N–H and O–H groups in total. The molecule has 2 heterocycles. The normalized spacial score (nSPS) is 15.8. The van der Waals surface area contributed by atoms with Crippen molar-refractivity contribution in [1.29, 1.82) is 0 Å². The van der Waals surface area contributed by atoms with Crippen molar-refractivity contribution in [3.8, 4) is 0 Å². The van der Waals surface area contributed by atoms with Gasteiger partial charge in [0.2, 0.25) is 19.7 Å². The zero-order valence-electron chi connectivity index (χ0n) is 23.8. The molecule has 10 heteroatoms. The van der Waals surface area contributed by atoms with Gasteiger partial charge in [-0.1, -0.05) is 96.1 Å². The number of allylic oxidation sites excluding steroid dienone is 1. The van der Waals surface area contributed by atoms with Gasteiger partial charge in [0, 0.05) is 0 Å². The van der Waals surface area contributed by atoms with Crippen LogP contribution in [0.5, 0.6) is 0 Å². The lowest BCUT2D eigenvalue weighted by atomic mass is 9.96. The molecule has 0 saturated carbocycles. The molecule has 4 aromatic carbocycles. The van der Waals surface area contributed by atoms with E-state index < -0.39 is 31.2 Å². The summed E-state index contributed by atoms with van der Waals surface area (Å²) in [5.41, 5.74) is 9.18. The van der Waals surface area contributed by atoms with E-state index in [-0.39, 0.29) is 34.6 Å². The lowest BCUT2D eigenvalue weighted by molar-refractivity contribution is 0.598. The summed E-state index contributed by atoms with van der Waals surface area (Å²) in [5.74, 6) is -1.65. The first-order chi connectivity index (χ1) is 21.0. The summed E-state index contributed by atoms with van der Waals surface area (Å²) in [5, 5.41) is 0. The van der Waals surface area contributed by atoms with E-state index in [4.69, 9.17) is 5.73 Å². The summed E-state index contributed by atoms with van der Waals surface area (Å²) in [7, 11) is -8.77. The maximum atomic E-state index is 14.6. The van der Waals surface area contributed by atoms with E-state index >= 15 is 0 Å². The number of nitrogens with two attached hydrogens (primary N) is 1. The number of hydrogen-bond acceptors (Lipinski definition) is 7. The Balaban J connectivity index is 1.80. The standard InChI is InChI=1S/C34H28N2O5S3/c1-22-13-17-24(18-14-22)21-28-33(37)36-32(35)30(43(38,39)26-9-5-3-6-10-26)29(25-19-15-23(2)16-20-25)31(34(36)42-28)44(40,41)27-11-7-4-8-12-27/h3-21,29H,35H2,1-2H3/b28-21-/t29-/m0/s1. The van der Waals surface area contributed by atoms with E-state index in [1.807, 2.05) is 38.1 Å². The highest BCUT2D eigenvalue weighted by atomic mass is 32.2. The number of aromatic nitrogens is 1. The van der Waals surface area contributed by atoms with Crippen LogP contribution in [0.3, 0.4) is 0 Å². The highest BCUT2D eigenvalue weighted by Gasteiger charge is 2.44. The highest BCUT2D eigenvalue weighted by molar-refractivity contribution is 8.00. The molecule has 1 aliphatic heterocycles. The molecule has 44 heavy (non-hydrogen) atoms. The van der Waals surface area contributed by atoms with Gasteiger partial charge in [-0.25, -0.2) is 16.8 Å². The first-order valence-corrected chi connectivity index (χ1v) is 17.5. The molecule has 0 spiro atoms. The molecule has 7 nitrogen and oxygen atoms in total. The summed E-state index contributed by atoms with van der Waals surface area (Å²) in [6.07, 6.45) is 1.66. The number of benzene rings is 4. The topological polar surface area (TPSA) is 116 Å². The van der Waals surface area contributed by atoms with Crippen LogP contribution in [0.15, 0.2) is 129 Å². The van der Waals surface area contributed by atoms with Gasteiger partial charge in [-0.3, -0.25) is 9.36 Å². The average molecular weight is 641 g/mol. The van der Waals surface area contributed by atoms with Crippen LogP contribution in [-0.2, 0) is 19.7 Å². The van der Waals surface area contributed by atoms with E-state index in [2.05, 4.69) is 0 Å². The van der Waals surface area contributed by atoms with Gasteiger partial charge >= 0.3 is 0 Å². The predicted molar refractivity (Wildman–Crippen MR) is 175 cm³/mol. The summed E-state index contributed by atoms with van der Waals surface area (Å²) in [6, 6.07) is 30.0. The molecule has 0 radical (unpaired) electrons. The molecule has 0 saturated heterocycles. The molecule has 1 aliphatic rings. The zero-order chi connectivity index (χ0) is 31.2. The Morgan fingerprint density at radius 1 is 0.682 bits per heavy atom. The van der Waals surface area contributed by atoms with Crippen LogP contribution in [-0.4, -0.2) is 21.4 Å². The minimum Gasteiger partial charge on any atom is -0.384 e. The summed E-state index contributed by atoms with van der Waals surface area (Å²) >= 11 is 0.974. The second-order valence-corrected chi connectivity index (χ2v) is 15.4. The van der Waals surface area contributed by atoms with Gasteiger partial charge in [-0.05, 0) is 55.3 Å². The lowest BCUT2D eigenvalue weighted by Gasteiger charge is -2.29. The summed E-state index contributed by atoms with van der Waals surface area (Å²) in [4.78, 5) is 13.3. The van der Waals surface area contributed by atoms with Crippen molar-refractivity contribution in [3.05, 3.63) is 156 Å². The third kappa shape index (κ3) is 5.04. The first-order valence-electron chi connectivity index (χ1n) is 13.7. The molecular formula is C34H28N2O5S3. The fourth-order valence-electron chi connectivity index (χ4n) is 5.26. The van der Waals surface area contributed by atoms with Crippen LogP contribution in [0.4, 0.5) is 0 Å². The Morgan fingerprint density at radius 2 is 1.16 bits per heavy atom. The summed E-state index contributed by atoms with van der Waals surface area (Å²) in [6.45, 7) is 3.83. The summed E-state index contributed by atoms with van der Waals surface area (Å²) < 4.78 is 59.4. The van der Waals surface area contributed by atoms with E-state index in [1.54, 1.807) is 66.7 Å². The first kappa shape index (κ1) is 29.6. The van der Waals surface area contributed by atoms with E-state index in [0.29, 0.717) is 5.56 Å². The molecule has 0 bridgehead atoms. The van der Waals surface area contributed by atoms with Gasteiger partial charge in [-0.15, -0.1) is 11.3 Å². The second-order valence-electron chi connectivity index (χ2n) is 10.6. The van der Waals surface area contributed by atoms with Crippen molar-refractivity contribution >= 4 is 47.8 Å².